The van der Waals surface area contributed by atoms with E-state index in [1.165, 1.54) is 11.5 Å². The summed E-state index contributed by atoms with van der Waals surface area (Å²) in [5.41, 5.74) is 0.581. The van der Waals surface area contributed by atoms with Crippen molar-refractivity contribution in [3.05, 3.63) is 23.4 Å². The van der Waals surface area contributed by atoms with E-state index in [0.717, 1.165) is 5.13 Å². The summed E-state index contributed by atoms with van der Waals surface area (Å²) in [6.07, 6.45) is 1.68. The highest BCUT2D eigenvalue weighted by Crippen LogP contribution is 2.26. The number of hydrogen-bond donors (Lipinski definition) is 1. The summed E-state index contributed by atoms with van der Waals surface area (Å²) in [5, 5.41) is 4.60. The number of hydrogen-bond acceptors (Lipinski definition) is 5. The molecule has 0 aromatic carbocycles. The minimum Gasteiger partial charge on any atom is -0.356 e. The second-order valence-electron chi connectivity index (χ2n) is 4.63. The minimum absolute atomic E-state index is 0.0370. The molecule has 0 unspecified atom stereocenters. The Labute approximate surface area is 109 Å². The highest BCUT2D eigenvalue weighted by Gasteiger charge is 2.15. The third-order valence-corrected chi connectivity index (χ3v) is 2.81. The van der Waals surface area contributed by atoms with Crippen LogP contribution in [0, 0.1) is 0 Å². The van der Waals surface area contributed by atoms with Crippen molar-refractivity contribution in [3.8, 4) is 11.5 Å². The average molecular weight is 269 g/mol. The summed E-state index contributed by atoms with van der Waals surface area (Å²) in [5.74, 6) is 0.562. The fourth-order valence-electron chi connectivity index (χ4n) is 1.24. The number of pyridine rings is 1. The zero-order valence-corrected chi connectivity index (χ0v) is 11.4. The van der Waals surface area contributed by atoms with Gasteiger partial charge < -0.3 is 5.32 Å². The molecule has 0 aliphatic carbocycles. The molecule has 6 heteroatoms. The lowest BCUT2D eigenvalue weighted by Gasteiger charge is -2.18. The molecule has 0 aliphatic rings. The Morgan fingerprint density at radius 1 is 1.35 bits per heavy atom. The molecule has 4 nitrogen and oxygen atoms in total. The molecule has 0 amide bonds. The molecule has 1 N–H and O–H groups in total. The summed E-state index contributed by atoms with van der Waals surface area (Å²) in [7, 11) is 0. The third kappa shape index (κ3) is 3.14. The Morgan fingerprint density at radius 3 is 2.76 bits per heavy atom. The van der Waals surface area contributed by atoms with Crippen molar-refractivity contribution in [2.75, 3.05) is 5.32 Å². The Kier molecular flexibility index (Phi) is 3.31. The van der Waals surface area contributed by atoms with Crippen LogP contribution in [0.3, 0.4) is 0 Å². The van der Waals surface area contributed by atoms with Gasteiger partial charge in [-0.2, -0.15) is 9.36 Å². The van der Waals surface area contributed by atoms with Crippen LogP contribution in [0.1, 0.15) is 20.8 Å². The maximum absolute atomic E-state index is 6.04. The van der Waals surface area contributed by atoms with Crippen LogP contribution in [-0.4, -0.2) is 19.9 Å². The van der Waals surface area contributed by atoms with Gasteiger partial charge in [-0.25, -0.2) is 0 Å². The van der Waals surface area contributed by atoms with Gasteiger partial charge >= 0.3 is 0 Å². The van der Waals surface area contributed by atoms with E-state index < -0.39 is 0 Å². The van der Waals surface area contributed by atoms with Gasteiger partial charge in [0.05, 0.1) is 5.02 Å². The number of anilines is 1. The van der Waals surface area contributed by atoms with E-state index in [1.807, 2.05) is 0 Å². The first kappa shape index (κ1) is 12.3. The van der Waals surface area contributed by atoms with Gasteiger partial charge in [-0.15, -0.1) is 0 Å². The summed E-state index contributed by atoms with van der Waals surface area (Å²) < 4.78 is 4.25. The molecule has 17 heavy (non-hydrogen) atoms. The van der Waals surface area contributed by atoms with Crippen molar-refractivity contribution in [1.82, 2.24) is 14.3 Å². The molecular weight excluding hydrogens is 256 g/mol. The number of nitrogens with zero attached hydrogens (tertiary/aromatic N) is 3. The number of rotatable bonds is 2. The van der Waals surface area contributed by atoms with Gasteiger partial charge in [-0.1, -0.05) is 11.6 Å². The molecule has 0 radical (unpaired) electrons. The van der Waals surface area contributed by atoms with Crippen LogP contribution < -0.4 is 5.32 Å². The Morgan fingerprint density at radius 2 is 2.12 bits per heavy atom. The van der Waals surface area contributed by atoms with Crippen LogP contribution in [0.5, 0.6) is 0 Å². The molecule has 0 fully saturated rings. The van der Waals surface area contributed by atoms with Crippen molar-refractivity contribution in [2.45, 2.75) is 26.3 Å². The first-order valence-corrected chi connectivity index (χ1v) is 6.34. The molecule has 2 heterocycles. The first-order chi connectivity index (χ1) is 7.96. The molecule has 0 saturated heterocycles. The normalized spacial score (nSPS) is 11.5. The molecule has 2 rings (SSSR count). The molecule has 0 spiro atoms. The summed E-state index contributed by atoms with van der Waals surface area (Å²) in [6.45, 7) is 6.21. The molecule has 90 valence electrons. The van der Waals surface area contributed by atoms with Gasteiger partial charge in [0.25, 0.3) is 0 Å². The lowest BCUT2D eigenvalue weighted by atomic mass is 10.1. The largest absolute Gasteiger partial charge is 0.356 e. The van der Waals surface area contributed by atoms with E-state index >= 15 is 0 Å². The third-order valence-electron chi connectivity index (χ3n) is 1.88. The molecule has 0 atom stereocenters. The van der Waals surface area contributed by atoms with Crippen molar-refractivity contribution >= 4 is 28.3 Å². The van der Waals surface area contributed by atoms with E-state index in [2.05, 4.69) is 40.4 Å². The Bertz CT molecular complexity index is 518. The van der Waals surface area contributed by atoms with Gasteiger partial charge in [-0.05, 0) is 32.9 Å². The topological polar surface area (TPSA) is 50.7 Å². The van der Waals surface area contributed by atoms with Gasteiger partial charge in [0.15, 0.2) is 5.82 Å². The molecule has 0 bridgehead atoms. The molecule has 2 aromatic rings. The fraction of sp³-hybridized carbons (Fsp3) is 0.364. The van der Waals surface area contributed by atoms with Crippen LogP contribution >= 0.6 is 23.1 Å². The number of aromatic nitrogens is 3. The lowest BCUT2D eigenvalue weighted by Crippen LogP contribution is -2.25. The van der Waals surface area contributed by atoms with Crippen LogP contribution in [0.2, 0.25) is 5.02 Å². The molecule has 2 aromatic heterocycles. The van der Waals surface area contributed by atoms with Gasteiger partial charge in [-0.3, -0.25) is 4.98 Å². The summed E-state index contributed by atoms with van der Waals surface area (Å²) >= 11 is 7.35. The monoisotopic (exact) mass is 268 g/mol. The van der Waals surface area contributed by atoms with E-state index in [9.17, 15) is 0 Å². The quantitative estimate of drug-likeness (QED) is 0.906. The molecular formula is C11H13ClN4S. The van der Waals surface area contributed by atoms with Crippen LogP contribution in [-0.2, 0) is 0 Å². The Hall–Kier alpha value is -1.20. The van der Waals surface area contributed by atoms with Crippen LogP contribution in [0.15, 0.2) is 18.3 Å². The molecule has 0 saturated carbocycles. The fourth-order valence-corrected chi connectivity index (χ4v) is 2.23. The van der Waals surface area contributed by atoms with Gasteiger partial charge in [0.1, 0.15) is 5.69 Å². The minimum atomic E-state index is -0.0370. The summed E-state index contributed by atoms with van der Waals surface area (Å²) in [4.78, 5) is 8.56. The van der Waals surface area contributed by atoms with Crippen molar-refractivity contribution < 1.29 is 0 Å². The second kappa shape index (κ2) is 4.58. The van der Waals surface area contributed by atoms with E-state index in [0.29, 0.717) is 16.5 Å². The zero-order valence-electron chi connectivity index (χ0n) is 9.86. The summed E-state index contributed by atoms with van der Waals surface area (Å²) in [6, 6.07) is 3.56. The molecule has 0 aliphatic heterocycles. The second-order valence-corrected chi connectivity index (χ2v) is 5.79. The van der Waals surface area contributed by atoms with Crippen molar-refractivity contribution in [2.24, 2.45) is 0 Å². The average Bonchev–Trinajstić information content (AvgIpc) is 2.64. The standard InChI is InChI=1S/C11H13ClN4S/c1-11(2,3)15-10-14-9(16-17-10)8-7(12)5-4-6-13-8/h4-6H,1-3H3,(H,14,15,16). The maximum Gasteiger partial charge on any atom is 0.203 e. The van der Waals surface area contributed by atoms with E-state index in [4.69, 9.17) is 11.6 Å². The highest BCUT2D eigenvalue weighted by atomic mass is 35.5. The van der Waals surface area contributed by atoms with Crippen molar-refractivity contribution in [1.29, 1.82) is 0 Å². The van der Waals surface area contributed by atoms with E-state index in [1.54, 1.807) is 18.3 Å². The number of halogens is 1. The van der Waals surface area contributed by atoms with Gasteiger partial charge in [0, 0.05) is 23.3 Å². The Balaban J connectivity index is 2.28. The van der Waals surface area contributed by atoms with Crippen LogP contribution in [0.4, 0.5) is 5.13 Å². The predicted octanol–water partition coefficient (Wildman–Crippen LogP) is 3.46. The predicted molar refractivity (Wildman–Crippen MR) is 71.5 cm³/mol. The first-order valence-electron chi connectivity index (χ1n) is 5.18. The smallest absolute Gasteiger partial charge is 0.203 e. The zero-order chi connectivity index (χ0) is 12.5. The van der Waals surface area contributed by atoms with Crippen LogP contribution in [0.25, 0.3) is 11.5 Å². The number of nitrogens with one attached hydrogen (secondary N) is 1. The van der Waals surface area contributed by atoms with Crippen molar-refractivity contribution in [3.63, 3.8) is 0 Å². The lowest BCUT2D eigenvalue weighted by molar-refractivity contribution is 0.633. The SMILES string of the molecule is CC(C)(C)Nc1nc(-c2ncccc2Cl)ns1. The highest BCUT2D eigenvalue weighted by molar-refractivity contribution is 7.09. The maximum atomic E-state index is 6.04. The van der Waals surface area contributed by atoms with E-state index in [-0.39, 0.29) is 5.54 Å². The van der Waals surface area contributed by atoms with Gasteiger partial charge in [0.2, 0.25) is 5.13 Å².